The first kappa shape index (κ1) is 14.9. The molecule has 6 heteroatoms. The monoisotopic (exact) mass is 292 g/mol. The molecule has 0 radical (unpaired) electrons. The van der Waals surface area contributed by atoms with Crippen LogP contribution in [0.1, 0.15) is 20.8 Å². The second kappa shape index (κ2) is 5.87. The number of rotatable bonds is 4. The van der Waals surface area contributed by atoms with Crippen molar-refractivity contribution in [1.29, 1.82) is 0 Å². The highest BCUT2D eigenvalue weighted by Gasteiger charge is 2.18. The van der Waals surface area contributed by atoms with Crippen molar-refractivity contribution in [3.8, 4) is 17.2 Å². The van der Waals surface area contributed by atoms with E-state index in [0.717, 1.165) is 0 Å². The molecule has 2 aromatic rings. The molecule has 0 N–H and O–H groups in total. The van der Waals surface area contributed by atoms with Crippen molar-refractivity contribution in [1.82, 2.24) is 0 Å². The Balaban J connectivity index is 2.63. The van der Waals surface area contributed by atoms with Crippen LogP contribution in [0.15, 0.2) is 27.4 Å². The summed E-state index contributed by atoms with van der Waals surface area (Å²) in [5.74, 6) is 0.158. The summed E-state index contributed by atoms with van der Waals surface area (Å²) >= 11 is 0. The van der Waals surface area contributed by atoms with E-state index in [1.807, 2.05) is 0 Å². The summed E-state index contributed by atoms with van der Waals surface area (Å²) in [5.41, 5.74) is -0.389. The Labute approximate surface area is 121 Å². The fraction of sp³-hybridized carbons (Fsp3) is 0.333. The number of benzene rings is 1. The van der Waals surface area contributed by atoms with Crippen LogP contribution in [0.25, 0.3) is 11.0 Å². The SMILES string of the molecule is COc1c(OC(C)C)c(=O)oc2cc(OC(C)=O)ccc12. The molecule has 0 unspecified atom stereocenters. The predicted molar refractivity (Wildman–Crippen MR) is 76.1 cm³/mol. The van der Waals surface area contributed by atoms with Crippen LogP contribution in [0.3, 0.4) is 0 Å². The van der Waals surface area contributed by atoms with Gasteiger partial charge in [-0.15, -0.1) is 0 Å². The number of ether oxygens (including phenoxy) is 3. The number of fused-ring (bicyclic) bond motifs is 1. The third kappa shape index (κ3) is 3.16. The van der Waals surface area contributed by atoms with Crippen LogP contribution in [0.4, 0.5) is 0 Å². The number of carbonyl (C=O) groups is 1. The summed E-state index contributed by atoms with van der Waals surface area (Å²) in [6.07, 6.45) is -0.195. The summed E-state index contributed by atoms with van der Waals surface area (Å²) in [6.45, 7) is 4.89. The van der Waals surface area contributed by atoms with Crippen molar-refractivity contribution in [3.63, 3.8) is 0 Å². The lowest BCUT2D eigenvalue weighted by Gasteiger charge is -2.13. The molecule has 0 amide bonds. The van der Waals surface area contributed by atoms with Gasteiger partial charge in [-0.05, 0) is 26.0 Å². The molecular weight excluding hydrogens is 276 g/mol. The van der Waals surface area contributed by atoms with E-state index in [4.69, 9.17) is 18.6 Å². The standard InChI is InChI=1S/C15H16O6/c1-8(2)19-14-13(18-4)11-6-5-10(20-9(3)16)7-12(11)21-15(14)17/h5-8H,1-4H3. The topological polar surface area (TPSA) is 75.0 Å². The Kier molecular flexibility index (Phi) is 4.16. The number of carbonyl (C=O) groups excluding carboxylic acids is 1. The summed E-state index contributed by atoms with van der Waals surface area (Å²) in [6, 6.07) is 4.69. The first-order valence-corrected chi connectivity index (χ1v) is 6.42. The number of hydrogen-bond donors (Lipinski definition) is 0. The van der Waals surface area contributed by atoms with Gasteiger partial charge in [0.05, 0.1) is 18.6 Å². The van der Waals surface area contributed by atoms with E-state index in [1.165, 1.54) is 20.1 Å². The van der Waals surface area contributed by atoms with Gasteiger partial charge in [0.25, 0.3) is 0 Å². The van der Waals surface area contributed by atoms with E-state index >= 15 is 0 Å². The molecule has 6 nitrogen and oxygen atoms in total. The van der Waals surface area contributed by atoms with Crippen LogP contribution >= 0.6 is 0 Å². The molecule has 0 aliphatic heterocycles. The fourth-order valence-electron chi connectivity index (χ4n) is 1.91. The van der Waals surface area contributed by atoms with Gasteiger partial charge in [0.2, 0.25) is 5.75 Å². The van der Waals surface area contributed by atoms with Crippen molar-refractivity contribution in [2.75, 3.05) is 7.11 Å². The van der Waals surface area contributed by atoms with Gasteiger partial charge in [-0.1, -0.05) is 0 Å². The molecule has 0 aliphatic rings. The molecule has 1 aromatic heterocycles. The smallest absolute Gasteiger partial charge is 0.383 e. The minimum absolute atomic E-state index is 0.0280. The maximum Gasteiger partial charge on any atom is 0.383 e. The zero-order valence-electron chi connectivity index (χ0n) is 12.3. The lowest BCUT2D eigenvalue weighted by atomic mass is 10.2. The first-order valence-electron chi connectivity index (χ1n) is 6.42. The average molecular weight is 292 g/mol. The van der Waals surface area contributed by atoms with Crippen LogP contribution < -0.4 is 19.8 Å². The highest BCUT2D eigenvalue weighted by molar-refractivity contribution is 5.87. The average Bonchev–Trinajstić information content (AvgIpc) is 2.38. The van der Waals surface area contributed by atoms with Gasteiger partial charge in [-0.3, -0.25) is 4.79 Å². The largest absolute Gasteiger partial charge is 0.492 e. The van der Waals surface area contributed by atoms with Crippen molar-refractivity contribution >= 4 is 16.9 Å². The van der Waals surface area contributed by atoms with Crippen LogP contribution in [-0.4, -0.2) is 19.2 Å². The second-order valence-corrected chi connectivity index (χ2v) is 4.67. The molecule has 2 rings (SSSR count). The van der Waals surface area contributed by atoms with Crippen LogP contribution in [0, 0.1) is 0 Å². The Morgan fingerprint density at radius 2 is 1.95 bits per heavy atom. The number of methoxy groups -OCH3 is 1. The highest BCUT2D eigenvalue weighted by atomic mass is 16.5. The van der Waals surface area contributed by atoms with Crippen LogP contribution in [0.5, 0.6) is 17.2 Å². The van der Waals surface area contributed by atoms with E-state index in [2.05, 4.69) is 0 Å². The van der Waals surface area contributed by atoms with Gasteiger partial charge in [-0.2, -0.15) is 0 Å². The van der Waals surface area contributed by atoms with E-state index in [-0.39, 0.29) is 23.2 Å². The molecule has 1 heterocycles. The fourth-order valence-corrected chi connectivity index (χ4v) is 1.91. The normalized spacial score (nSPS) is 10.7. The molecule has 1 aromatic carbocycles. The maximum absolute atomic E-state index is 12.0. The molecule has 112 valence electrons. The summed E-state index contributed by atoms with van der Waals surface area (Å²) in [5, 5.41) is 0.559. The molecule has 21 heavy (non-hydrogen) atoms. The molecule has 0 saturated heterocycles. The van der Waals surface area contributed by atoms with Crippen molar-refractivity contribution < 1.29 is 23.4 Å². The molecule has 0 bridgehead atoms. The van der Waals surface area contributed by atoms with E-state index in [9.17, 15) is 9.59 Å². The van der Waals surface area contributed by atoms with E-state index in [1.54, 1.807) is 26.0 Å². The minimum Gasteiger partial charge on any atom is -0.492 e. The molecular formula is C15H16O6. The quantitative estimate of drug-likeness (QED) is 0.489. The van der Waals surface area contributed by atoms with Crippen LogP contribution in [0.2, 0.25) is 0 Å². The van der Waals surface area contributed by atoms with E-state index in [0.29, 0.717) is 11.1 Å². The Bertz CT molecular complexity index is 729. The third-order valence-electron chi connectivity index (χ3n) is 2.61. The minimum atomic E-state index is -0.645. The summed E-state index contributed by atoms with van der Waals surface area (Å²) in [4.78, 5) is 23.0. The molecule has 0 saturated carbocycles. The first-order chi connectivity index (χ1) is 9.92. The van der Waals surface area contributed by atoms with Gasteiger partial charge >= 0.3 is 11.6 Å². The molecule has 0 atom stereocenters. The maximum atomic E-state index is 12.0. The van der Waals surface area contributed by atoms with Crippen molar-refractivity contribution in [2.24, 2.45) is 0 Å². The number of hydrogen-bond acceptors (Lipinski definition) is 6. The number of esters is 1. The summed E-state index contributed by atoms with van der Waals surface area (Å²) < 4.78 is 20.9. The van der Waals surface area contributed by atoms with Crippen molar-refractivity contribution in [2.45, 2.75) is 26.9 Å². The van der Waals surface area contributed by atoms with Gasteiger partial charge in [0.1, 0.15) is 11.3 Å². The Morgan fingerprint density at radius 3 is 2.52 bits per heavy atom. The third-order valence-corrected chi connectivity index (χ3v) is 2.61. The summed E-state index contributed by atoms with van der Waals surface area (Å²) in [7, 11) is 1.45. The van der Waals surface area contributed by atoms with Gasteiger partial charge in [0, 0.05) is 13.0 Å². The molecule has 0 spiro atoms. The van der Waals surface area contributed by atoms with Gasteiger partial charge in [-0.25, -0.2) is 4.79 Å². The van der Waals surface area contributed by atoms with E-state index < -0.39 is 11.6 Å². The van der Waals surface area contributed by atoms with Gasteiger partial charge in [0.15, 0.2) is 5.75 Å². The molecule has 0 fully saturated rings. The Morgan fingerprint density at radius 1 is 1.24 bits per heavy atom. The lowest BCUT2D eigenvalue weighted by Crippen LogP contribution is -2.14. The lowest BCUT2D eigenvalue weighted by molar-refractivity contribution is -0.131. The van der Waals surface area contributed by atoms with Crippen LogP contribution in [-0.2, 0) is 4.79 Å². The second-order valence-electron chi connectivity index (χ2n) is 4.67. The molecule has 0 aliphatic carbocycles. The highest BCUT2D eigenvalue weighted by Crippen LogP contribution is 2.34. The predicted octanol–water partition coefficient (Wildman–Crippen LogP) is 2.51. The zero-order valence-corrected chi connectivity index (χ0v) is 12.3. The van der Waals surface area contributed by atoms with Gasteiger partial charge < -0.3 is 18.6 Å². The van der Waals surface area contributed by atoms with Crippen molar-refractivity contribution in [3.05, 3.63) is 28.6 Å². The Hall–Kier alpha value is -2.50. The zero-order chi connectivity index (χ0) is 15.6.